The summed E-state index contributed by atoms with van der Waals surface area (Å²) < 4.78 is 5.83. The van der Waals surface area contributed by atoms with E-state index in [-0.39, 0.29) is 0 Å². The molecule has 19 heavy (non-hydrogen) atoms. The number of hydrogen-bond acceptors (Lipinski definition) is 1. The first-order valence-corrected chi connectivity index (χ1v) is 6.63. The molecule has 0 unspecified atom stereocenters. The van der Waals surface area contributed by atoms with Gasteiger partial charge in [-0.05, 0) is 36.2 Å². The Kier molecular flexibility index (Phi) is 3.23. The predicted octanol–water partition coefficient (Wildman–Crippen LogP) is 4.31. The van der Waals surface area contributed by atoms with E-state index >= 15 is 0 Å². The highest BCUT2D eigenvalue weighted by molar-refractivity contribution is 5.81. The molecule has 1 aromatic heterocycles. The summed E-state index contributed by atoms with van der Waals surface area (Å²) in [6.45, 7) is 2.76. The molecule has 0 saturated heterocycles. The minimum absolute atomic E-state index is 0.609. The normalized spacial score (nSPS) is 10.8. The molecule has 3 rings (SSSR count). The lowest BCUT2D eigenvalue weighted by molar-refractivity contribution is 0.306. The molecule has 0 radical (unpaired) electrons. The van der Waals surface area contributed by atoms with Crippen LogP contribution in [0.3, 0.4) is 0 Å². The Morgan fingerprint density at radius 3 is 2.63 bits per heavy atom. The third-order valence-electron chi connectivity index (χ3n) is 3.28. The topological polar surface area (TPSA) is 25.0 Å². The van der Waals surface area contributed by atoms with Gasteiger partial charge in [-0.1, -0.05) is 37.3 Å². The molecule has 96 valence electrons. The second-order valence-corrected chi connectivity index (χ2v) is 4.67. The first kappa shape index (κ1) is 11.8. The van der Waals surface area contributed by atoms with E-state index in [4.69, 9.17) is 4.74 Å². The molecule has 1 heterocycles. The largest absolute Gasteiger partial charge is 0.489 e. The van der Waals surface area contributed by atoms with Gasteiger partial charge < -0.3 is 9.72 Å². The first-order valence-electron chi connectivity index (χ1n) is 6.63. The van der Waals surface area contributed by atoms with E-state index < -0.39 is 0 Å². The fourth-order valence-electron chi connectivity index (χ4n) is 2.19. The summed E-state index contributed by atoms with van der Waals surface area (Å²) in [5, 5.41) is 1.21. The average Bonchev–Trinajstić information content (AvgIpc) is 2.88. The highest BCUT2D eigenvalue weighted by Gasteiger charge is 2.01. The van der Waals surface area contributed by atoms with Gasteiger partial charge in [0, 0.05) is 16.6 Å². The van der Waals surface area contributed by atoms with Crippen molar-refractivity contribution >= 4 is 10.9 Å². The molecular weight excluding hydrogens is 234 g/mol. The van der Waals surface area contributed by atoms with Crippen molar-refractivity contribution in [3.8, 4) is 5.75 Å². The van der Waals surface area contributed by atoms with Crippen molar-refractivity contribution in [1.82, 2.24) is 4.98 Å². The van der Waals surface area contributed by atoms with E-state index in [9.17, 15) is 0 Å². The minimum Gasteiger partial charge on any atom is -0.489 e. The summed E-state index contributed by atoms with van der Waals surface area (Å²) >= 11 is 0. The van der Waals surface area contributed by atoms with Crippen molar-refractivity contribution in [3.63, 3.8) is 0 Å². The number of H-pyrrole nitrogens is 1. The number of fused-ring (bicyclic) bond motifs is 1. The molecule has 0 aliphatic heterocycles. The fourth-order valence-corrected chi connectivity index (χ4v) is 2.19. The molecule has 3 aromatic rings. The summed E-state index contributed by atoms with van der Waals surface area (Å²) in [5.74, 6) is 0.915. The van der Waals surface area contributed by atoms with Gasteiger partial charge in [0.15, 0.2) is 0 Å². The third-order valence-corrected chi connectivity index (χ3v) is 3.28. The summed E-state index contributed by atoms with van der Waals surface area (Å²) in [7, 11) is 0. The second kappa shape index (κ2) is 5.19. The molecule has 0 amide bonds. The van der Waals surface area contributed by atoms with Crippen LogP contribution in [0.2, 0.25) is 0 Å². The third kappa shape index (κ3) is 2.63. The van der Waals surface area contributed by atoms with Crippen molar-refractivity contribution in [2.24, 2.45) is 0 Å². The lowest BCUT2D eigenvalue weighted by Crippen LogP contribution is -1.94. The van der Waals surface area contributed by atoms with Crippen LogP contribution in [0.25, 0.3) is 10.9 Å². The van der Waals surface area contributed by atoms with Crippen molar-refractivity contribution in [3.05, 3.63) is 65.9 Å². The Morgan fingerprint density at radius 2 is 1.84 bits per heavy atom. The summed E-state index contributed by atoms with van der Waals surface area (Å²) in [4.78, 5) is 3.39. The van der Waals surface area contributed by atoms with Gasteiger partial charge in [-0.3, -0.25) is 0 Å². The van der Waals surface area contributed by atoms with Gasteiger partial charge in [0.25, 0.3) is 0 Å². The number of rotatable bonds is 4. The number of ether oxygens (including phenoxy) is 1. The molecule has 0 bridgehead atoms. The molecular formula is C17H17NO. The SMILES string of the molecule is CCc1cc2cc(OCc3ccccc3)ccc2[nH]1. The maximum atomic E-state index is 5.83. The van der Waals surface area contributed by atoms with E-state index in [0.29, 0.717) is 6.61 Å². The summed E-state index contributed by atoms with van der Waals surface area (Å²) in [6.07, 6.45) is 1.02. The van der Waals surface area contributed by atoms with E-state index in [1.165, 1.54) is 22.2 Å². The van der Waals surface area contributed by atoms with Crippen LogP contribution in [-0.4, -0.2) is 4.98 Å². The zero-order chi connectivity index (χ0) is 13.1. The Morgan fingerprint density at radius 1 is 1.00 bits per heavy atom. The Hall–Kier alpha value is -2.22. The molecule has 2 heteroatoms. The molecule has 0 aliphatic rings. The van der Waals surface area contributed by atoms with Crippen LogP contribution in [0.4, 0.5) is 0 Å². The van der Waals surface area contributed by atoms with Crippen LogP contribution in [0.1, 0.15) is 18.2 Å². The highest BCUT2D eigenvalue weighted by atomic mass is 16.5. The number of hydrogen-bond donors (Lipinski definition) is 1. The van der Waals surface area contributed by atoms with E-state index in [2.05, 4.69) is 42.2 Å². The van der Waals surface area contributed by atoms with Crippen molar-refractivity contribution in [2.75, 3.05) is 0 Å². The molecule has 0 atom stereocenters. The fraction of sp³-hybridized carbons (Fsp3) is 0.176. The Labute approximate surface area is 113 Å². The molecule has 0 aliphatic carbocycles. The molecule has 1 N–H and O–H groups in total. The molecule has 0 saturated carbocycles. The quantitative estimate of drug-likeness (QED) is 0.734. The van der Waals surface area contributed by atoms with E-state index in [0.717, 1.165) is 12.2 Å². The summed E-state index contributed by atoms with van der Waals surface area (Å²) in [5.41, 5.74) is 3.62. The van der Waals surface area contributed by atoms with E-state index in [1.54, 1.807) is 0 Å². The van der Waals surface area contributed by atoms with Crippen LogP contribution in [0, 0.1) is 0 Å². The standard InChI is InChI=1S/C17H17NO/c1-2-15-10-14-11-16(8-9-17(14)18-15)19-12-13-6-4-3-5-7-13/h3-11,18H,2,12H2,1H3. The minimum atomic E-state index is 0.609. The highest BCUT2D eigenvalue weighted by Crippen LogP contribution is 2.22. The van der Waals surface area contributed by atoms with Gasteiger partial charge in [-0.2, -0.15) is 0 Å². The number of aromatic nitrogens is 1. The van der Waals surface area contributed by atoms with Crippen molar-refractivity contribution in [2.45, 2.75) is 20.0 Å². The maximum Gasteiger partial charge on any atom is 0.120 e. The van der Waals surface area contributed by atoms with Crippen LogP contribution in [0.5, 0.6) is 5.75 Å². The van der Waals surface area contributed by atoms with E-state index in [1.807, 2.05) is 24.3 Å². The van der Waals surface area contributed by atoms with Gasteiger partial charge in [0.05, 0.1) is 0 Å². The zero-order valence-electron chi connectivity index (χ0n) is 11.0. The van der Waals surface area contributed by atoms with Gasteiger partial charge in [-0.25, -0.2) is 0 Å². The van der Waals surface area contributed by atoms with Crippen LogP contribution in [0.15, 0.2) is 54.6 Å². The van der Waals surface area contributed by atoms with Crippen LogP contribution < -0.4 is 4.74 Å². The Bertz CT molecular complexity index is 670. The number of nitrogens with one attached hydrogen (secondary N) is 1. The van der Waals surface area contributed by atoms with Gasteiger partial charge in [0.2, 0.25) is 0 Å². The molecule has 2 nitrogen and oxygen atoms in total. The first-order chi connectivity index (χ1) is 9.35. The van der Waals surface area contributed by atoms with Crippen molar-refractivity contribution in [1.29, 1.82) is 0 Å². The number of aromatic amines is 1. The Balaban J connectivity index is 1.78. The van der Waals surface area contributed by atoms with Gasteiger partial charge >= 0.3 is 0 Å². The molecule has 0 spiro atoms. The number of aryl methyl sites for hydroxylation is 1. The van der Waals surface area contributed by atoms with Crippen molar-refractivity contribution < 1.29 is 4.74 Å². The second-order valence-electron chi connectivity index (χ2n) is 4.67. The smallest absolute Gasteiger partial charge is 0.120 e. The monoisotopic (exact) mass is 251 g/mol. The maximum absolute atomic E-state index is 5.83. The predicted molar refractivity (Wildman–Crippen MR) is 78.5 cm³/mol. The average molecular weight is 251 g/mol. The lowest BCUT2D eigenvalue weighted by atomic mass is 10.2. The lowest BCUT2D eigenvalue weighted by Gasteiger charge is -2.06. The summed E-state index contributed by atoms with van der Waals surface area (Å²) in [6, 6.07) is 18.6. The van der Waals surface area contributed by atoms with Gasteiger partial charge in [0.1, 0.15) is 12.4 Å². The van der Waals surface area contributed by atoms with Crippen LogP contribution >= 0.6 is 0 Å². The zero-order valence-corrected chi connectivity index (χ0v) is 11.0. The van der Waals surface area contributed by atoms with Crippen LogP contribution in [-0.2, 0) is 13.0 Å². The van der Waals surface area contributed by atoms with Gasteiger partial charge in [-0.15, -0.1) is 0 Å². The molecule has 0 fully saturated rings. The number of benzene rings is 2. The molecule has 2 aromatic carbocycles.